The van der Waals surface area contributed by atoms with Gasteiger partial charge in [-0.25, -0.2) is 0 Å². The Bertz CT molecular complexity index is 701. The minimum absolute atomic E-state index is 0.0357. The summed E-state index contributed by atoms with van der Waals surface area (Å²) in [7, 11) is 0. The molecule has 2 heterocycles. The van der Waals surface area contributed by atoms with Crippen molar-refractivity contribution in [3.8, 4) is 11.4 Å². The predicted octanol–water partition coefficient (Wildman–Crippen LogP) is 1.75. The van der Waals surface area contributed by atoms with Crippen LogP contribution in [0.15, 0.2) is 24.3 Å². The molecule has 8 heteroatoms. The van der Waals surface area contributed by atoms with Crippen molar-refractivity contribution in [2.24, 2.45) is 11.7 Å². The van der Waals surface area contributed by atoms with E-state index < -0.39 is 6.04 Å². The first-order valence-electron chi connectivity index (χ1n) is 8.16. The number of carbonyl (C=O) groups is 1. The van der Waals surface area contributed by atoms with Gasteiger partial charge in [-0.2, -0.15) is 4.80 Å². The lowest BCUT2D eigenvalue weighted by Gasteiger charge is -2.21. The smallest absolute Gasteiger partial charge is 0.249 e. The van der Waals surface area contributed by atoms with E-state index in [4.69, 9.17) is 17.3 Å². The highest BCUT2D eigenvalue weighted by Crippen LogP contribution is 2.22. The zero-order valence-corrected chi connectivity index (χ0v) is 14.4. The number of nitrogens with two attached hydrogens (primary N) is 1. The maximum Gasteiger partial charge on any atom is 0.249 e. The highest BCUT2D eigenvalue weighted by Gasteiger charge is 2.31. The molecule has 24 heavy (non-hydrogen) atoms. The van der Waals surface area contributed by atoms with E-state index in [1.54, 1.807) is 12.1 Å². The number of likely N-dealkylation sites (tertiary alicyclic amines) is 1. The number of aromatic nitrogens is 4. The van der Waals surface area contributed by atoms with Gasteiger partial charge in [-0.05, 0) is 54.8 Å². The van der Waals surface area contributed by atoms with E-state index in [2.05, 4.69) is 15.4 Å². The number of rotatable bonds is 5. The SMILES string of the molecule is CCC(C(=O)N1CCC(CN)C1)n1nnc(-c2ccc(Cl)cc2)n1. The van der Waals surface area contributed by atoms with Gasteiger partial charge in [-0.1, -0.05) is 18.5 Å². The third kappa shape index (κ3) is 3.42. The predicted molar refractivity (Wildman–Crippen MR) is 91.3 cm³/mol. The molecule has 0 aliphatic carbocycles. The Morgan fingerprint density at radius 2 is 2.17 bits per heavy atom. The van der Waals surface area contributed by atoms with Crippen molar-refractivity contribution < 1.29 is 4.79 Å². The van der Waals surface area contributed by atoms with Crippen molar-refractivity contribution in [1.82, 2.24) is 25.1 Å². The molecule has 2 N–H and O–H groups in total. The van der Waals surface area contributed by atoms with Gasteiger partial charge in [0.25, 0.3) is 0 Å². The summed E-state index contributed by atoms with van der Waals surface area (Å²) < 4.78 is 0. The van der Waals surface area contributed by atoms with Gasteiger partial charge in [0.15, 0.2) is 6.04 Å². The largest absolute Gasteiger partial charge is 0.340 e. The Hall–Kier alpha value is -1.99. The number of benzene rings is 1. The quantitative estimate of drug-likeness (QED) is 0.889. The van der Waals surface area contributed by atoms with Gasteiger partial charge in [-0.3, -0.25) is 4.79 Å². The van der Waals surface area contributed by atoms with Crippen molar-refractivity contribution in [2.75, 3.05) is 19.6 Å². The standard InChI is InChI=1S/C16H21ClN6O/c1-2-14(16(24)22-8-7-11(9-18)10-22)23-20-15(19-21-23)12-3-5-13(17)6-4-12/h3-6,11,14H,2,7-10,18H2,1H3. The van der Waals surface area contributed by atoms with Gasteiger partial charge < -0.3 is 10.6 Å². The third-order valence-corrected chi connectivity index (χ3v) is 4.66. The lowest BCUT2D eigenvalue weighted by atomic mass is 10.1. The first-order chi connectivity index (χ1) is 11.6. The molecule has 3 rings (SSSR count). The summed E-state index contributed by atoms with van der Waals surface area (Å²) in [4.78, 5) is 16.0. The summed E-state index contributed by atoms with van der Waals surface area (Å²) in [6.07, 6.45) is 1.57. The van der Waals surface area contributed by atoms with Gasteiger partial charge >= 0.3 is 0 Å². The molecule has 1 aromatic carbocycles. The number of hydrogen-bond donors (Lipinski definition) is 1. The molecular formula is C16H21ClN6O. The Balaban J connectivity index is 1.76. The second kappa shape index (κ2) is 7.27. The highest BCUT2D eigenvalue weighted by molar-refractivity contribution is 6.30. The van der Waals surface area contributed by atoms with Crippen LogP contribution in [0, 0.1) is 5.92 Å². The molecule has 2 aromatic rings. The van der Waals surface area contributed by atoms with Gasteiger partial charge in [0.05, 0.1) is 0 Å². The van der Waals surface area contributed by atoms with Crippen molar-refractivity contribution in [2.45, 2.75) is 25.8 Å². The van der Waals surface area contributed by atoms with Crippen molar-refractivity contribution in [1.29, 1.82) is 0 Å². The van der Waals surface area contributed by atoms with Crippen molar-refractivity contribution in [3.63, 3.8) is 0 Å². The van der Waals surface area contributed by atoms with Crippen molar-refractivity contribution in [3.05, 3.63) is 29.3 Å². The van der Waals surface area contributed by atoms with E-state index in [0.717, 1.165) is 18.5 Å². The fourth-order valence-corrected chi connectivity index (χ4v) is 3.07. The monoisotopic (exact) mass is 348 g/mol. The Labute approximate surface area is 145 Å². The van der Waals surface area contributed by atoms with E-state index in [-0.39, 0.29) is 5.91 Å². The molecule has 2 unspecified atom stereocenters. The van der Waals surface area contributed by atoms with Crippen LogP contribution in [0.4, 0.5) is 0 Å². The average molecular weight is 349 g/mol. The van der Waals surface area contributed by atoms with Crippen LogP contribution in [0.3, 0.4) is 0 Å². The van der Waals surface area contributed by atoms with Crippen LogP contribution >= 0.6 is 11.6 Å². The first kappa shape index (κ1) is 16.9. The number of amides is 1. The Morgan fingerprint density at radius 3 is 2.79 bits per heavy atom. The van der Waals surface area contributed by atoms with Crippen LogP contribution in [0.1, 0.15) is 25.8 Å². The number of nitrogens with zero attached hydrogens (tertiary/aromatic N) is 5. The number of carbonyl (C=O) groups excluding carboxylic acids is 1. The van der Waals surface area contributed by atoms with Crippen LogP contribution < -0.4 is 5.73 Å². The number of tetrazole rings is 1. The highest BCUT2D eigenvalue weighted by atomic mass is 35.5. The van der Waals surface area contributed by atoms with Gasteiger partial charge in [0, 0.05) is 23.7 Å². The molecule has 0 bridgehead atoms. The maximum atomic E-state index is 12.8. The second-order valence-electron chi connectivity index (χ2n) is 6.04. The summed E-state index contributed by atoms with van der Waals surface area (Å²) in [5.74, 6) is 0.910. The normalized spacial score (nSPS) is 18.8. The molecule has 128 valence electrons. The maximum absolute atomic E-state index is 12.8. The summed E-state index contributed by atoms with van der Waals surface area (Å²) in [5, 5.41) is 13.2. The fraction of sp³-hybridized carbons (Fsp3) is 0.500. The number of halogens is 1. The van der Waals surface area contributed by atoms with E-state index in [9.17, 15) is 4.79 Å². The van der Waals surface area contributed by atoms with Crippen LogP contribution in [0.25, 0.3) is 11.4 Å². The summed E-state index contributed by atoms with van der Waals surface area (Å²) in [6.45, 7) is 4.02. The Morgan fingerprint density at radius 1 is 1.42 bits per heavy atom. The summed E-state index contributed by atoms with van der Waals surface area (Å²) >= 11 is 5.89. The van der Waals surface area contributed by atoms with Gasteiger partial charge in [-0.15, -0.1) is 10.2 Å². The average Bonchev–Trinajstić information content (AvgIpc) is 3.25. The van der Waals surface area contributed by atoms with E-state index >= 15 is 0 Å². The molecule has 7 nitrogen and oxygen atoms in total. The lowest BCUT2D eigenvalue weighted by molar-refractivity contribution is -0.134. The zero-order chi connectivity index (χ0) is 17.1. The molecule has 1 saturated heterocycles. The lowest BCUT2D eigenvalue weighted by Crippen LogP contribution is -2.37. The van der Waals surface area contributed by atoms with Crippen LogP contribution in [0.2, 0.25) is 5.02 Å². The minimum atomic E-state index is -0.435. The van der Waals surface area contributed by atoms with Crippen LogP contribution in [-0.4, -0.2) is 50.6 Å². The molecule has 1 aliphatic rings. The van der Waals surface area contributed by atoms with Gasteiger partial charge in [0.1, 0.15) is 0 Å². The van der Waals surface area contributed by atoms with Gasteiger partial charge in [0.2, 0.25) is 11.7 Å². The molecule has 0 saturated carbocycles. The molecule has 1 amide bonds. The fourth-order valence-electron chi connectivity index (χ4n) is 2.94. The molecule has 0 spiro atoms. The topological polar surface area (TPSA) is 89.9 Å². The minimum Gasteiger partial charge on any atom is -0.340 e. The first-order valence-corrected chi connectivity index (χ1v) is 8.54. The van der Waals surface area contributed by atoms with Crippen molar-refractivity contribution >= 4 is 17.5 Å². The van der Waals surface area contributed by atoms with Crippen LogP contribution in [0.5, 0.6) is 0 Å². The molecule has 2 atom stereocenters. The summed E-state index contributed by atoms with van der Waals surface area (Å²) in [5.41, 5.74) is 6.52. The third-order valence-electron chi connectivity index (χ3n) is 4.41. The van der Waals surface area contributed by atoms with E-state index in [1.807, 2.05) is 24.0 Å². The second-order valence-corrected chi connectivity index (χ2v) is 6.48. The number of hydrogen-bond acceptors (Lipinski definition) is 5. The molecule has 1 aliphatic heterocycles. The zero-order valence-electron chi connectivity index (χ0n) is 13.6. The van der Waals surface area contributed by atoms with Crippen LogP contribution in [-0.2, 0) is 4.79 Å². The molecule has 1 aromatic heterocycles. The molecule has 1 fully saturated rings. The Kier molecular flexibility index (Phi) is 5.11. The molecule has 0 radical (unpaired) electrons. The summed E-state index contributed by atoms with van der Waals surface area (Å²) in [6, 6.07) is 6.78. The van der Waals surface area contributed by atoms with E-state index in [1.165, 1.54) is 4.80 Å². The molecular weight excluding hydrogens is 328 g/mol. The van der Waals surface area contributed by atoms with E-state index in [0.29, 0.717) is 36.3 Å².